The zero-order chi connectivity index (χ0) is 17.9. The molecule has 1 aliphatic carbocycles. The molecule has 3 atom stereocenters. The highest BCUT2D eigenvalue weighted by Crippen LogP contribution is 2.37. The highest BCUT2D eigenvalue weighted by atomic mass is 19.1. The summed E-state index contributed by atoms with van der Waals surface area (Å²) < 4.78 is 13.8. The number of halogens is 1. The van der Waals surface area contributed by atoms with Crippen LogP contribution >= 0.6 is 0 Å². The van der Waals surface area contributed by atoms with Crippen LogP contribution in [0.1, 0.15) is 36.0 Å². The molecule has 2 aromatic rings. The van der Waals surface area contributed by atoms with Gasteiger partial charge in [-0.25, -0.2) is 14.4 Å². The summed E-state index contributed by atoms with van der Waals surface area (Å²) in [6.07, 6.45) is 7.47. The van der Waals surface area contributed by atoms with Gasteiger partial charge >= 0.3 is 0 Å². The van der Waals surface area contributed by atoms with Crippen molar-refractivity contribution >= 4 is 11.7 Å². The fourth-order valence-electron chi connectivity index (χ4n) is 4.34. The molecule has 1 aromatic heterocycles. The Balaban J connectivity index is 1.35. The van der Waals surface area contributed by atoms with Crippen LogP contribution < -0.4 is 10.2 Å². The lowest BCUT2D eigenvalue weighted by Gasteiger charge is -2.44. The molecule has 1 aliphatic heterocycles. The topological polar surface area (TPSA) is 58.1 Å². The number of anilines is 1. The first-order valence-corrected chi connectivity index (χ1v) is 9.27. The summed E-state index contributed by atoms with van der Waals surface area (Å²) in [6.45, 7) is 1.99. The van der Waals surface area contributed by atoms with E-state index in [9.17, 15) is 9.18 Å². The van der Waals surface area contributed by atoms with Crippen LogP contribution in [0.25, 0.3) is 0 Å². The summed E-state index contributed by atoms with van der Waals surface area (Å²) in [7, 11) is 0. The molecule has 136 valence electrons. The summed E-state index contributed by atoms with van der Waals surface area (Å²) in [6, 6.07) is 8.25. The van der Waals surface area contributed by atoms with Crippen LogP contribution in [-0.4, -0.2) is 35.0 Å². The van der Waals surface area contributed by atoms with Crippen molar-refractivity contribution in [1.29, 1.82) is 0 Å². The number of nitrogens with zero attached hydrogens (tertiary/aromatic N) is 3. The van der Waals surface area contributed by atoms with Gasteiger partial charge in [0.1, 0.15) is 18.0 Å². The second-order valence-electron chi connectivity index (χ2n) is 7.29. The number of benzene rings is 1. The highest BCUT2D eigenvalue weighted by molar-refractivity contribution is 5.94. The summed E-state index contributed by atoms with van der Waals surface area (Å²) in [5, 5.41) is 3.04. The molecular weight excluding hydrogens is 331 g/mol. The Morgan fingerprint density at radius 1 is 1.15 bits per heavy atom. The predicted octanol–water partition coefficient (Wildman–Crippen LogP) is 3.04. The molecule has 1 saturated carbocycles. The fourth-order valence-corrected chi connectivity index (χ4v) is 4.34. The van der Waals surface area contributed by atoms with E-state index in [4.69, 9.17) is 0 Å². The SMILES string of the molecule is O=C(NC1CCC2CN(c3ccncn3)CCC2C1)c1ccccc1F. The van der Waals surface area contributed by atoms with Gasteiger partial charge in [-0.1, -0.05) is 12.1 Å². The molecule has 0 bridgehead atoms. The number of piperidine rings is 1. The molecule has 0 spiro atoms. The summed E-state index contributed by atoms with van der Waals surface area (Å²) >= 11 is 0. The Kier molecular flexibility index (Phi) is 4.82. The number of aromatic nitrogens is 2. The predicted molar refractivity (Wildman–Crippen MR) is 97.3 cm³/mol. The molecule has 4 rings (SSSR count). The number of carbonyl (C=O) groups excluding carboxylic acids is 1. The molecule has 1 saturated heterocycles. The zero-order valence-corrected chi connectivity index (χ0v) is 14.6. The molecule has 5 nitrogen and oxygen atoms in total. The van der Waals surface area contributed by atoms with Gasteiger partial charge < -0.3 is 10.2 Å². The number of amides is 1. The number of hydrogen-bond donors (Lipinski definition) is 1. The van der Waals surface area contributed by atoms with Crippen LogP contribution in [0.5, 0.6) is 0 Å². The molecule has 2 fully saturated rings. The van der Waals surface area contributed by atoms with Crippen LogP contribution in [-0.2, 0) is 0 Å². The lowest BCUT2D eigenvalue weighted by atomic mass is 9.73. The average molecular weight is 354 g/mol. The van der Waals surface area contributed by atoms with Gasteiger partial charge in [-0.2, -0.15) is 0 Å². The van der Waals surface area contributed by atoms with Crippen LogP contribution in [0.2, 0.25) is 0 Å². The minimum atomic E-state index is -0.461. The van der Waals surface area contributed by atoms with E-state index < -0.39 is 5.82 Å². The van der Waals surface area contributed by atoms with Crippen molar-refractivity contribution < 1.29 is 9.18 Å². The maximum absolute atomic E-state index is 13.8. The van der Waals surface area contributed by atoms with Gasteiger partial charge in [-0.05, 0) is 55.7 Å². The maximum atomic E-state index is 13.8. The van der Waals surface area contributed by atoms with Crippen LogP contribution in [0.15, 0.2) is 42.9 Å². The first-order chi connectivity index (χ1) is 12.7. The molecule has 6 heteroatoms. The minimum Gasteiger partial charge on any atom is -0.356 e. The smallest absolute Gasteiger partial charge is 0.254 e. The average Bonchev–Trinajstić information content (AvgIpc) is 2.68. The monoisotopic (exact) mass is 354 g/mol. The quantitative estimate of drug-likeness (QED) is 0.920. The third kappa shape index (κ3) is 3.54. The summed E-state index contributed by atoms with van der Waals surface area (Å²) in [5.74, 6) is 1.46. The van der Waals surface area contributed by atoms with Gasteiger partial charge in [0.05, 0.1) is 5.56 Å². The zero-order valence-electron chi connectivity index (χ0n) is 14.6. The van der Waals surface area contributed by atoms with Gasteiger partial charge in [-0.15, -0.1) is 0 Å². The number of fused-ring (bicyclic) bond motifs is 1. The number of carbonyl (C=O) groups is 1. The molecule has 3 unspecified atom stereocenters. The van der Waals surface area contributed by atoms with Crippen molar-refractivity contribution in [1.82, 2.24) is 15.3 Å². The van der Waals surface area contributed by atoms with Gasteiger partial charge in [0, 0.05) is 25.3 Å². The minimum absolute atomic E-state index is 0.133. The van der Waals surface area contributed by atoms with Crippen LogP contribution in [0.4, 0.5) is 10.2 Å². The van der Waals surface area contributed by atoms with Crippen LogP contribution in [0, 0.1) is 17.7 Å². The Morgan fingerprint density at radius 2 is 2.04 bits per heavy atom. The van der Waals surface area contributed by atoms with E-state index in [0.717, 1.165) is 44.6 Å². The third-order valence-corrected chi connectivity index (χ3v) is 5.71. The lowest BCUT2D eigenvalue weighted by molar-refractivity contribution is 0.0890. The Bertz CT molecular complexity index is 769. The van der Waals surface area contributed by atoms with E-state index >= 15 is 0 Å². The van der Waals surface area contributed by atoms with Crippen molar-refractivity contribution in [2.45, 2.75) is 31.7 Å². The van der Waals surface area contributed by atoms with E-state index in [2.05, 4.69) is 20.2 Å². The molecule has 1 amide bonds. The Hall–Kier alpha value is -2.50. The summed E-state index contributed by atoms with van der Waals surface area (Å²) in [5.41, 5.74) is 0.133. The van der Waals surface area contributed by atoms with Gasteiger partial charge in [0.2, 0.25) is 0 Å². The maximum Gasteiger partial charge on any atom is 0.254 e. The van der Waals surface area contributed by atoms with Crippen LogP contribution in [0.3, 0.4) is 0 Å². The van der Waals surface area contributed by atoms with Crippen molar-refractivity contribution in [2.24, 2.45) is 11.8 Å². The molecule has 1 aromatic carbocycles. The van der Waals surface area contributed by atoms with E-state index in [1.807, 2.05) is 6.07 Å². The van der Waals surface area contributed by atoms with Crippen molar-refractivity contribution in [3.05, 3.63) is 54.2 Å². The largest absolute Gasteiger partial charge is 0.356 e. The second-order valence-corrected chi connectivity index (χ2v) is 7.29. The molecular formula is C20H23FN4O. The number of rotatable bonds is 3. The highest BCUT2D eigenvalue weighted by Gasteiger charge is 2.35. The van der Waals surface area contributed by atoms with Gasteiger partial charge in [0.15, 0.2) is 0 Å². The summed E-state index contributed by atoms with van der Waals surface area (Å²) in [4.78, 5) is 23.0. The number of nitrogens with one attached hydrogen (secondary N) is 1. The number of hydrogen-bond acceptors (Lipinski definition) is 4. The standard InChI is InChI=1S/C20H23FN4O/c21-18-4-2-1-3-17(18)20(26)24-16-6-5-15-12-25(10-8-14(15)11-16)19-7-9-22-13-23-19/h1-4,7,9,13-16H,5-6,8,10-12H2,(H,24,26). The first kappa shape index (κ1) is 16.9. The van der Waals surface area contributed by atoms with E-state index in [-0.39, 0.29) is 17.5 Å². The van der Waals surface area contributed by atoms with Gasteiger partial charge in [0.25, 0.3) is 5.91 Å². The Labute approximate surface area is 152 Å². The Morgan fingerprint density at radius 3 is 2.85 bits per heavy atom. The van der Waals surface area contributed by atoms with E-state index in [1.165, 1.54) is 12.1 Å². The normalized spacial score (nSPS) is 25.4. The molecule has 2 aliphatic rings. The van der Waals surface area contributed by atoms with E-state index in [0.29, 0.717) is 11.8 Å². The van der Waals surface area contributed by atoms with Crippen molar-refractivity contribution in [3.63, 3.8) is 0 Å². The molecule has 26 heavy (non-hydrogen) atoms. The fraction of sp³-hybridized carbons (Fsp3) is 0.450. The second kappa shape index (κ2) is 7.40. The van der Waals surface area contributed by atoms with Gasteiger partial charge in [-0.3, -0.25) is 4.79 Å². The lowest BCUT2D eigenvalue weighted by Crippen LogP contribution is -2.48. The third-order valence-electron chi connectivity index (χ3n) is 5.71. The van der Waals surface area contributed by atoms with Crippen molar-refractivity contribution in [3.8, 4) is 0 Å². The van der Waals surface area contributed by atoms with E-state index in [1.54, 1.807) is 24.7 Å². The first-order valence-electron chi connectivity index (χ1n) is 9.27. The molecule has 0 radical (unpaired) electrons. The molecule has 1 N–H and O–H groups in total. The van der Waals surface area contributed by atoms with Crippen molar-refractivity contribution in [2.75, 3.05) is 18.0 Å². The molecule has 2 heterocycles.